The lowest BCUT2D eigenvalue weighted by Crippen LogP contribution is -2.47. The Balaban J connectivity index is 1.07. The maximum absolute atomic E-state index is 15.3. The van der Waals surface area contributed by atoms with E-state index in [-0.39, 0.29) is 42.8 Å². The van der Waals surface area contributed by atoms with E-state index in [1.54, 1.807) is 0 Å². The number of ether oxygens (including phenoxy) is 5. The minimum Gasteiger partial charge on any atom is -0.432 e. The van der Waals surface area contributed by atoms with Crippen LogP contribution in [0.15, 0.2) is 12.1 Å². The van der Waals surface area contributed by atoms with Crippen LogP contribution in [0.25, 0.3) is 0 Å². The van der Waals surface area contributed by atoms with Crippen LogP contribution in [0.3, 0.4) is 0 Å². The Kier molecular flexibility index (Phi) is 9.00. The molecule has 5 nitrogen and oxygen atoms in total. The molecule has 0 aromatic heterocycles. The third-order valence-electron chi connectivity index (χ3n) is 8.74. The van der Waals surface area contributed by atoms with Crippen molar-refractivity contribution in [3.05, 3.63) is 29.6 Å². The van der Waals surface area contributed by atoms with E-state index in [1.165, 1.54) is 0 Å². The Morgan fingerprint density at radius 3 is 1.87 bits per heavy atom. The van der Waals surface area contributed by atoms with Crippen molar-refractivity contribution >= 4 is 0 Å². The fraction of sp³-hybridized carbons (Fsp3) is 0.786. The largest absolute Gasteiger partial charge is 0.432 e. The number of alkyl halides is 3. The molecule has 2 saturated carbocycles. The van der Waals surface area contributed by atoms with Crippen LogP contribution in [-0.2, 0) is 18.9 Å². The summed E-state index contributed by atoms with van der Waals surface area (Å²) < 4.78 is 113. The average molecular weight is 567 g/mol. The molecule has 4 fully saturated rings. The average Bonchev–Trinajstić information content (AvgIpc) is 2.92. The number of benzene rings is 1. The van der Waals surface area contributed by atoms with Crippen LogP contribution in [0.4, 0.5) is 26.3 Å². The van der Waals surface area contributed by atoms with Gasteiger partial charge in [0.05, 0.1) is 38.3 Å². The Morgan fingerprint density at radius 2 is 1.28 bits per heavy atom. The highest BCUT2D eigenvalue weighted by Gasteiger charge is 2.47. The molecule has 3 atom stereocenters. The zero-order valence-electron chi connectivity index (χ0n) is 21.9. The molecule has 2 aliphatic heterocycles. The zero-order valence-corrected chi connectivity index (χ0v) is 21.9. The quantitative estimate of drug-likeness (QED) is 0.286. The SMILES string of the molecule is CC1COC(C2COC(C3CCC(C4CCC(C(F)(F)Oc5cc(F)c(F)c(F)c5)CC4)C(F)C3)OC2)OC1. The highest BCUT2D eigenvalue weighted by Crippen LogP contribution is 2.47. The van der Waals surface area contributed by atoms with E-state index in [1.807, 2.05) is 0 Å². The summed E-state index contributed by atoms with van der Waals surface area (Å²) in [4.78, 5) is 0. The van der Waals surface area contributed by atoms with Crippen LogP contribution in [0.1, 0.15) is 51.9 Å². The maximum atomic E-state index is 15.3. The lowest BCUT2D eigenvalue weighted by atomic mass is 9.68. The summed E-state index contributed by atoms with van der Waals surface area (Å²) in [6.45, 7) is 4.19. The summed E-state index contributed by atoms with van der Waals surface area (Å²) >= 11 is 0. The molecule has 0 radical (unpaired) electrons. The fourth-order valence-corrected chi connectivity index (χ4v) is 6.51. The Labute approximate surface area is 224 Å². The van der Waals surface area contributed by atoms with Crippen LogP contribution in [0.2, 0.25) is 0 Å². The molecule has 39 heavy (non-hydrogen) atoms. The summed E-state index contributed by atoms with van der Waals surface area (Å²) in [5.41, 5.74) is 0. The first kappa shape index (κ1) is 29.0. The van der Waals surface area contributed by atoms with Crippen LogP contribution in [-0.4, -0.2) is 51.3 Å². The van der Waals surface area contributed by atoms with E-state index in [0.29, 0.717) is 70.2 Å². The number of hydrogen-bond donors (Lipinski definition) is 0. The van der Waals surface area contributed by atoms with Crippen molar-refractivity contribution in [2.45, 2.75) is 76.7 Å². The lowest BCUT2D eigenvalue weighted by Gasteiger charge is -2.43. The molecular weight excluding hydrogens is 530 g/mol. The van der Waals surface area contributed by atoms with E-state index in [0.717, 1.165) is 6.42 Å². The molecule has 0 bridgehead atoms. The van der Waals surface area contributed by atoms with Crippen molar-refractivity contribution in [2.75, 3.05) is 26.4 Å². The van der Waals surface area contributed by atoms with Crippen molar-refractivity contribution in [3.63, 3.8) is 0 Å². The highest BCUT2D eigenvalue weighted by molar-refractivity contribution is 5.25. The predicted octanol–water partition coefficient (Wildman–Crippen LogP) is 6.63. The molecule has 2 heterocycles. The van der Waals surface area contributed by atoms with Gasteiger partial charge in [0.2, 0.25) is 0 Å². The molecule has 4 aliphatic rings. The first-order valence-corrected chi connectivity index (χ1v) is 13.9. The minimum absolute atomic E-state index is 0.0235. The van der Waals surface area contributed by atoms with Gasteiger partial charge in [0.1, 0.15) is 11.9 Å². The number of hydrogen-bond acceptors (Lipinski definition) is 5. The summed E-state index contributed by atoms with van der Waals surface area (Å²) in [6, 6.07) is 0.809. The van der Waals surface area contributed by atoms with E-state index in [4.69, 9.17) is 18.9 Å². The van der Waals surface area contributed by atoms with E-state index in [2.05, 4.69) is 11.7 Å². The molecule has 0 amide bonds. The van der Waals surface area contributed by atoms with Gasteiger partial charge in [-0.3, -0.25) is 0 Å². The third-order valence-corrected chi connectivity index (χ3v) is 8.74. The first-order chi connectivity index (χ1) is 18.6. The number of halogens is 6. The van der Waals surface area contributed by atoms with Crippen LogP contribution >= 0.6 is 0 Å². The molecule has 3 unspecified atom stereocenters. The van der Waals surface area contributed by atoms with Gasteiger partial charge in [0.25, 0.3) is 0 Å². The topological polar surface area (TPSA) is 46.2 Å². The summed E-state index contributed by atoms with van der Waals surface area (Å²) in [7, 11) is 0. The molecule has 2 saturated heterocycles. The molecule has 220 valence electrons. The van der Waals surface area contributed by atoms with Gasteiger partial charge in [-0.15, -0.1) is 0 Å². The molecule has 1 aromatic carbocycles. The number of rotatable bonds is 6. The second-order valence-corrected chi connectivity index (χ2v) is 11.7. The highest BCUT2D eigenvalue weighted by atomic mass is 19.3. The molecule has 2 aliphatic carbocycles. The first-order valence-electron chi connectivity index (χ1n) is 13.9. The standard InChI is InChI=1S/C28H36F6O5/c1-15-11-35-27(36-12-15)18-13-37-26(38-14-18)17-4-7-21(22(29)8-17)16-2-5-19(6-3-16)28(33,34)39-20-9-23(30)25(32)24(31)10-20/h9-10,15-19,21-22,26-27H,2-8,11-14H2,1H3. The van der Waals surface area contributed by atoms with Gasteiger partial charge in [0.15, 0.2) is 30.0 Å². The monoisotopic (exact) mass is 566 g/mol. The van der Waals surface area contributed by atoms with Crippen molar-refractivity contribution in [1.82, 2.24) is 0 Å². The van der Waals surface area contributed by atoms with Gasteiger partial charge in [-0.1, -0.05) is 6.92 Å². The molecule has 1 aromatic rings. The third kappa shape index (κ3) is 6.68. The van der Waals surface area contributed by atoms with Gasteiger partial charge < -0.3 is 23.7 Å². The predicted molar refractivity (Wildman–Crippen MR) is 127 cm³/mol. The van der Waals surface area contributed by atoms with Gasteiger partial charge in [-0.25, -0.2) is 17.6 Å². The van der Waals surface area contributed by atoms with Crippen molar-refractivity contribution < 1.29 is 50.0 Å². The minimum atomic E-state index is -3.69. The van der Waals surface area contributed by atoms with Crippen LogP contribution < -0.4 is 4.74 Å². The summed E-state index contributed by atoms with van der Waals surface area (Å²) in [5, 5.41) is 0. The second kappa shape index (κ2) is 12.1. The zero-order chi connectivity index (χ0) is 27.7. The van der Waals surface area contributed by atoms with Gasteiger partial charge in [-0.2, -0.15) is 8.78 Å². The Morgan fingerprint density at radius 1 is 0.744 bits per heavy atom. The normalized spacial score (nSPS) is 38.4. The lowest BCUT2D eigenvalue weighted by molar-refractivity contribution is -0.291. The van der Waals surface area contributed by atoms with Crippen LogP contribution in [0, 0.1) is 53.0 Å². The molecule has 0 N–H and O–H groups in total. The molecule has 11 heteroatoms. The summed E-state index contributed by atoms with van der Waals surface area (Å²) in [6.07, 6.45) is -2.93. The van der Waals surface area contributed by atoms with Gasteiger partial charge in [-0.05, 0) is 56.8 Å². The van der Waals surface area contributed by atoms with E-state index < -0.39 is 47.7 Å². The Bertz CT molecular complexity index is 935. The van der Waals surface area contributed by atoms with Crippen molar-refractivity contribution in [3.8, 4) is 5.75 Å². The van der Waals surface area contributed by atoms with Crippen molar-refractivity contribution in [2.24, 2.45) is 35.5 Å². The molecule has 0 spiro atoms. The second-order valence-electron chi connectivity index (χ2n) is 11.7. The Hall–Kier alpha value is -1.56. The summed E-state index contributed by atoms with van der Waals surface area (Å²) in [5.74, 6) is -6.89. The van der Waals surface area contributed by atoms with E-state index >= 15 is 4.39 Å². The van der Waals surface area contributed by atoms with Gasteiger partial charge >= 0.3 is 6.11 Å². The fourth-order valence-electron chi connectivity index (χ4n) is 6.51. The van der Waals surface area contributed by atoms with E-state index in [9.17, 15) is 22.0 Å². The van der Waals surface area contributed by atoms with Crippen LogP contribution in [0.5, 0.6) is 5.75 Å². The molecular formula is C28H36F6O5. The van der Waals surface area contributed by atoms with Crippen molar-refractivity contribution in [1.29, 1.82) is 0 Å². The maximum Gasteiger partial charge on any atom is 0.400 e. The smallest absolute Gasteiger partial charge is 0.400 e. The molecule has 5 rings (SSSR count). The van der Waals surface area contributed by atoms with Gasteiger partial charge in [0, 0.05) is 24.0 Å².